The van der Waals surface area contributed by atoms with Crippen LogP contribution in [0.2, 0.25) is 0 Å². The highest BCUT2D eigenvalue weighted by Crippen LogP contribution is 2.41. The van der Waals surface area contributed by atoms with Gasteiger partial charge in [0.25, 0.3) is 0 Å². The van der Waals surface area contributed by atoms with Gasteiger partial charge in [0, 0.05) is 21.9 Å². The fourth-order valence-electron chi connectivity index (χ4n) is 6.90. The SMILES string of the molecule is c1ccc(-c2cccc3oc4cccc(C5NC(c6cc7ccccc7c7ccccc67)=NC(c6ccccc6)N5)c4c23)cc1. The molecule has 0 amide bonds. The van der Waals surface area contributed by atoms with Gasteiger partial charge in [0.1, 0.15) is 29.3 Å². The first kappa shape index (κ1) is 25.8. The molecule has 1 aliphatic heterocycles. The molecule has 0 radical (unpaired) electrons. The molecule has 214 valence electrons. The molecule has 4 heteroatoms. The Morgan fingerprint density at radius 2 is 1.20 bits per heavy atom. The van der Waals surface area contributed by atoms with Gasteiger partial charge in [0.2, 0.25) is 0 Å². The summed E-state index contributed by atoms with van der Waals surface area (Å²) in [5, 5.41) is 14.7. The molecule has 0 spiro atoms. The average molecular weight is 580 g/mol. The first-order valence-electron chi connectivity index (χ1n) is 15.4. The summed E-state index contributed by atoms with van der Waals surface area (Å²) in [7, 11) is 0. The highest BCUT2D eigenvalue weighted by Gasteiger charge is 2.29. The molecule has 9 rings (SSSR count). The minimum absolute atomic E-state index is 0.235. The van der Waals surface area contributed by atoms with E-state index in [1.54, 1.807) is 0 Å². The molecule has 8 aromatic rings. The monoisotopic (exact) mass is 579 g/mol. The van der Waals surface area contributed by atoms with Crippen LogP contribution in [0.5, 0.6) is 0 Å². The molecule has 0 saturated carbocycles. The molecule has 1 aromatic heterocycles. The lowest BCUT2D eigenvalue weighted by atomic mass is 9.94. The van der Waals surface area contributed by atoms with Gasteiger partial charge in [-0.15, -0.1) is 0 Å². The Morgan fingerprint density at radius 1 is 0.533 bits per heavy atom. The molecular weight excluding hydrogens is 550 g/mol. The molecule has 2 unspecified atom stereocenters. The van der Waals surface area contributed by atoms with E-state index in [1.165, 1.54) is 21.5 Å². The number of hydrogen-bond acceptors (Lipinski definition) is 4. The minimum Gasteiger partial charge on any atom is -0.456 e. The Bertz CT molecular complexity index is 2390. The number of amidine groups is 1. The molecule has 4 nitrogen and oxygen atoms in total. The first-order valence-corrected chi connectivity index (χ1v) is 15.4. The zero-order valence-corrected chi connectivity index (χ0v) is 24.4. The van der Waals surface area contributed by atoms with Gasteiger partial charge in [-0.1, -0.05) is 133 Å². The fraction of sp³-hybridized carbons (Fsp3) is 0.0488. The predicted molar refractivity (Wildman–Crippen MR) is 185 cm³/mol. The van der Waals surface area contributed by atoms with Crippen LogP contribution in [0.4, 0.5) is 0 Å². The van der Waals surface area contributed by atoms with Crippen molar-refractivity contribution in [2.24, 2.45) is 4.99 Å². The maximum atomic E-state index is 6.49. The Hall–Kier alpha value is -5.71. The molecule has 1 aliphatic rings. The number of rotatable bonds is 4. The molecule has 0 bridgehead atoms. The predicted octanol–water partition coefficient (Wildman–Crippen LogP) is 9.90. The summed E-state index contributed by atoms with van der Waals surface area (Å²) >= 11 is 0. The Kier molecular flexibility index (Phi) is 6.00. The van der Waals surface area contributed by atoms with Crippen molar-refractivity contribution in [1.82, 2.24) is 10.6 Å². The summed E-state index contributed by atoms with van der Waals surface area (Å²) in [6.07, 6.45) is -0.485. The van der Waals surface area contributed by atoms with Crippen molar-refractivity contribution < 1.29 is 4.42 Å². The maximum Gasteiger partial charge on any atom is 0.136 e. The summed E-state index contributed by atoms with van der Waals surface area (Å²) in [5.41, 5.74) is 7.38. The fourth-order valence-corrected chi connectivity index (χ4v) is 6.90. The number of nitrogens with one attached hydrogen (secondary N) is 2. The number of aliphatic imine (C=N–C) groups is 1. The molecule has 2 atom stereocenters. The topological polar surface area (TPSA) is 49.6 Å². The van der Waals surface area contributed by atoms with Crippen LogP contribution in [0, 0.1) is 0 Å². The second kappa shape index (κ2) is 10.5. The summed E-state index contributed by atoms with van der Waals surface area (Å²) in [5.74, 6) is 0.864. The van der Waals surface area contributed by atoms with E-state index in [1.807, 2.05) is 6.07 Å². The largest absolute Gasteiger partial charge is 0.456 e. The standard InChI is InChI=1S/C41H29N3O/c1-3-13-26(14-4-1)30-21-11-23-35-37(30)38-33(22-12-24-36(38)45-35)40-42-39(27-15-5-2-6-16-27)43-41(44-40)34-25-28-17-7-8-18-29(28)31-19-9-10-20-32(31)34/h1-25,39-40,42H,(H,43,44). The number of furan rings is 1. The van der Waals surface area contributed by atoms with E-state index in [4.69, 9.17) is 9.41 Å². The lowest BCUT2D eigenvalue weighted by Crippen LogP contribution is -2.45. The number of nitrogens with zero attached hydrogens (tertiary/aromatic N) is 1. The highest BCUT2D eigenvalue weighted by atomic mass is 16.3. The maximum absolute atomic E-state index is 6.49. The summed E-state index contributed by atoms with van der Waals surface area (Å²) < 4.78 is 6.49. The zero-order chi connectivity index (χ0) is 29.7. The van der Waals surface area contributed by atoms with Crippen LogP contribution in [0.1, 0.15) is 29.0 Å². The van der Waals surface area contributed by atoms with Crippen molar-refractivity contribution >= 4 is 49.3 Å². The third-order valence-electron chi connectivity index (χ3n) is 8.95. The van der Waals surface area contributed by atoms with E-state index < -0.39 is 0 Å². The normalized spacial score (nSPS) is 16.7. The van der Waals surface area contributed by atoms with Crippen LogP contribution in [-0.4, -0.2) is 5.84 Å². The van der Waals surface area contributed by atoms with Crippen molar-refractivity contribution in [3.8, 4) is 11.1 Å². The van der Waals surface area contributed by atoms with Crippen LogP contribution >= 0.6 is 0 Å². The molecule has 2 heterocycles. The lowest BCUT2D eigenvalue weighted by molar-refractivity contribution is 0.411. The van der Waals surface area contributed by atoms with Crippen molar-refractivity contribution in [3.05, 3.63) is 168 Å². The van der Waals surface area contributed by atoms with Gasteiger partial charge >= 0.3 is 0 Å². The Balaban J connectivity index is 1.27. The number of fused-ring (bicyclic) bond motifs is 6. The smallest absolute Gasteiger partial charge is 0.136 e. The molecule has 0 saturated heterocycles. The van der Waals surface area contributed by atoms with Crippen molar-refractivity contribution in [1.29, 1.82) is 0 Å². The quantitative estimate of drug-likeness (QED) is 0.204. The number of hydrogen-bond donors (Lipinski definition) is 2. The first-order chi connectivity index (χ1) is 22.3. The third kappa shape index (κ3) is 4.30. The van der Waals surface area contributed by atoms with Gasteiger partial charge < -0.3 is 9.73 Å². The number of benzene rings is 7. The second-order valence-electron chi connectivity index (χ2n) is 11.6. The van der Waals surface area contributed by atoms with Gasteiger partial charge in [-0.05, 0) is 56.4 Å². The van der Waals surface area contributed by atoms with Gasteiger partial charge in [-0.25, -0.2) is 4.99 Å². The van der Waals surface area contributed by atoms with Crippen molar-refractivity contribution in [3.63, 3.8) is 0 Å². The van der Waals surface area contributed by atoms with Crippen molar-refractivity contribution in [2.75, 3.05) is 0 Å². The lowest BCUT2D eigenvalue weighted by Gasteiger charge is -2.33. The van der Waals surface area contributed by atoms with Crippen LogP contribution in [0.25, 0.3) is 54.6 Å². The third-order valence-corrected chi connectivity index (χ3v) is 8.95. The molecule has 0 fully saturated rings. The molecule has 0 aliphatic carbocycles. The van der Waals surface area contributed by atoms with Crippen LogP contribution in [-0.2, 0) is 0 Å². The molecule has 7 aromatic carbocycles. The summed E-state index contributed by atoms with van der Waals surface area (Å²) in [4.78, 5) is 5.32. The van der Waals surface area contributed by atoms with E-state index in [2.05, 4.69) is 156 Å². The highest BCUT2D eigenvalue weighted by molar-refractivity contribution is 6.19. The van der Waals surface area contributed by atoms with E-state index in [9.17, 15) is 0 Å². The van der Waals surface area contributed by atoms with Gasteiger partial charge in [-0.2, -0.15) is 0 Å². The van der Waals surface area contributed by atoms with Crippen LogP contribution in [0.15, 0.2) is 161 Å². The Labute approximate surface area is 260 Å². The van der Waals surface area contributed by atoms with E-state index in [0.717, 1.165) is 55.6 Å². The van der Waals surface area contributed by atoms with Crippen LogP contribution < -0.4 is 10.6 Å². The summed E-state index contributed by atoms with van der Waals surface area (Å²) in [6, 6.07) is 53.2. The van der Waals surface area contributed by atoms with E-state index in [-0.39, 0.29) is 12.3 Å². The van der Waals surface area contributed by atoms with Gasteiger partial charge in [-0.3, -0.25) is 5.32 Å². The molecular formula is C41H29N3O. The van der Waals surface area contributed by atoms with E-state index >= 15 is 0 Å². The second-order valence-corrected chi connectivity index (χ2v) is 11.6. The Morgan fingerprint density at radius 3 is 2.02 bits per heavy atom. The minimum atomic E-state index is -0.250. The molecule has 45 heavy (non-hydrogen) atoms. The average Bonchev–Trinajstić information content (AvgIpc) is 3.51. The molecule has 2 N–H and O–H groups in total. The van der Waals surface area contributed by atoms with Gasteiger partial charge in [0.15, 0.2) is 0 Å². The van der Waals surface area contributed by atoms with Crippen LogP contribution in [0.3, 0.4) is 0 Å². The van der Waals surface area contributed by atoms with Crippen molar-refractivity contribution in [2.45, 2.75) is 12.3 Å². The summed E-state index contributed by atoms with van der Waals surface area (Å²) in [6.45, 7) is 0. The zero-order valence-electron chi connectivity index (χ0n) is 24.4. The van der Waals surface area contributed by atoms with Gasteiger partial charge in [0.05, 0.1) is 0 Å². The van der Waals surface area contributed by atoms with E-state index in [0.29, 0.717) is 0 Å².